The van der Waals surface area contributed by atoms with E-state index in [1.54, 1.807) is 0 Å². The van der Waals surface area contributed by atoms with Crippen molar-refractivity contribution in [3.63, 3.8) is 0 Å². The second kappa shape index (κ2) is 7.62. The van der Waals surface area contributed by atoms with Gasteiger partial charge in [0.2, 0.25) is 10.0 Å². The van der Waals surface area contributed by atoms with Crippen LogP contribution in [0.2, 0.25) is 0 Å². The molecule has 0 aromatic heterocycles. The molecule has 0 heterocycles. The van der Waals surface area contributed by atoms with Gasteiger partial charge in [-0.3, -0.25) is 0 Å². The second-order valence-electron chi connectivity index (χ2n) is 4.44. The minimum atomic E-state index is -3.19. The molecule has 0 saturated carbocycles. The van der Waals surface area contributed by atoms with Crippen molar-refractivity contribution in [1.82, 2.24) is 9.62 Å². The number of hydrogen-bond donors (Lipinski definition) is 1. The second-order valence-corrected chi connectivity index (χ2v) is 6.41. The van der Waals surface area contributed by atoms with Gasteiger partial charge in [0, 0.05) is 19.6 Å². The number of nitrogens with one attached hydrogen (secondary N) is 1. The van der Waals surface area contributed by atoms with E-state index < -0.39 is 10.0 Å². The summed E-state index contributed by atoms with van der Waals surface area (Å²) in [7, 11) is -3.19. The zero-order valence-electron chi connectivity index (χ0n) is 12.0. The third kappa shape index (κ3) is 4.93. The highest BCUT2D eigenvalue weighted by atomic mass is 32.2. The van der Waals surface area contributed by atoms with E-state index in [9.17, 15) is 8.42 Å². The summed E-state index contributed by atoms with van der Waals surface area (Å²) in [5, 5.41) is 3.24. The highest BCUT2D eigenvalue weighted by molar-refractivity contribution is 7.88. The van der Waals surface area contributed by atoms with Crippen molar-refractivity contribution in [1.29, 1.82) is 0 Å². The van der Waals surface area contributed by atoms with Gasteiger partial charge in [-0.05, 0) is 17.7 Å². The number of hydrogen-bond acceptors (Lipinski definition) is 3. The van der Waals surface area contributed by atoms with Crippen molar-refractivity contribution in [3.05, 3.63) is 35.4 Å². The molecule has 4 nitrogen and oxygen atoms in total. The van der Waals surface area contributed by atoms with Gasteiger partial charge in [0.25, 0.3) is 0 Å². The Labute approximate surface area is 116 Å². The van der Waals surface area contributed by atoms with E-state index in [0.717, 1.165) is 18.7 Å². The lowest BCUT2D eigenvalue weighted by Gasteiger charge is -2.18. The zero-order chi connectivity index (χ0) is 14.3. The van der Waals surface area contributed by atoms with Crippen LogP contribution in [0.5, 0.6) is 0 Å². The van der Waals surface area contributed by atoms with Crippen LogP contribution >= 0.6 is 0 Å². The van der Waals surface area contributed by atoms with Crippen molar-refractivity contribution in [2.24, 2.45) is 0 Å². The van der Waals surface area contributed by atoms with Crippen molar-refractivity contribution in [2.45, 2.75) is 33.1 Å². The van der Waals surface area contributed by atoms with Crippen LogP contribution < -0.4 is 5.32 Å². The van der Waals surface area contributed by atoms with Crippen LogP contribution in [0.3, 0.4) is 0 Å². The lowest BCUT2D eigenvalue weighted by Crippen LogP contribution is -2.31. The highest BCUT2D eigenvalue weighted by Crippen LogP contribution is 2.12. The van der Waals surface area contributed by atoms with Gasteiger partial charge in [-0.15, -0.1) is 0 Å². The molecule has 0 aliphatic heterocycles. The van der Waals surface area contributed by atoms with Gasteiger partial charge in [-0.2, -0.15) is 0 Å². The molecule has 0 radical (unpaired) electrons. The lowest BCUT2D eigenvalue weighted by atomic mass is 10.1. The maximum Gasteiger partial charge on any atom is 0.218 e. The first kappa shape index (κ1) is 16.1. The quantitative estimate of drug-likeness (QED) is 0.794. The Hall–Kier alpha value is -0.910. The van der Waals surface area contributed by atoms with Crippen LogP contribution in [0.1, 0.15) is 31.9 Å². The SMILES string of the molecule is CCNCc1ccc(CS(=O)(=O)N(CC)CC)cc1. The first-order valence-electron chi connectivity index (χ1n) is 6.79. The highest BCUT2D eigenvalue weighted by Gasteiger charge is 2.18. The molecule has 0 saturated heterocycles. The van der Waals surface area contributed by atoms with Gasteiger partial charge < -0.3 is 5.32 Å². The number of rotatable bonds is 8. The number of benzene rings is 1. The summed E-state index contributed by atoms with van der Waals surface area (Å²) >= 11 is 0. The Balaban J connectivity index is 2.72. The first-order valence-corrected chi connectivity index (χ1v) is 8.40. The molecule has 1 aromatic carbocycles. The Bertz CT molecular complexity index is 465. The molecule has 0 amide bonds. The van der Waals surface area contributed by atoms with Crippen LogP contribution in [0.4, 0.5) is 0 Å². The van der Waals surface area contributed by atoms with Crippen molar-refractivity contribution >= 4 is 10.0 Å². The summed E-state index contributed by atoms with van der Waals surface area (Å²) in [4.78, 5) is 0. The van der Waals surface area contributed by atoms with E-state index >= 15 is 0 Å². The molecule has 0 unspecified atom stereocenters. The van der Waals surface area contributed by atoms with Gasteiger partial charge >= 0.3 is 0 Å². The summed E-state index contributed by atoms with van der Waals surface area (Å²) in [6, 6.07) is 7.76. The molecule has 1 aromatic rings. The summed E-state index contributed by atoms with van der Waals surface area (Å²) in [6.07, 6.45) is 0. The Kier molecular flexibility index (Phi) is 6.48. The molecule has 1 rings (SSSR count). The molecule has 0 aliphatic carbocycles. The maximum absolute atomic E-state index is 12.1. The first-order chi connectivity index (χ1) is 9.03. The Morgan fingerprint density at radius 2 is 1.53 bits per heavy atom. The summed E-state index contributed by atoms with van der Waals surface area (Å²) in [5.74, 6) is 0.0795. The monoisotopic (exact) mass is 284 g/mol. The largest absolute Gasteiger partial charge is 0.313 e. The summed E-state index contributed by atoms with van der Waals surface area (Å²) in [6.45, 7) is 8.58. The van der Waals surface area contributed by atoms with Gasteiger partial charge in [-0.1, -0.05) is 45.0 Å². The standard InChI is InChI=1S/C14H24N2O2S/c1-4-15-11-13-7-9-14(10-8-13)12-19(17,18)16(5-2)6-3/h7-10,15H,4-6,11-12H2,1-3H3. The molecule has 0 bridgehead atoms. The molecule has 0 aliphatic rings. The molecule has 0 fully saturated rings. The van der Waals surface area contributed by atoms with Crippen LogP contribution in [0.25, 0.3) is 0 Å². The predicted octanol–water partition coefficient (Wildman–Crippen LogP) is 1.97. The van der Waals surface area contributed by atoms with Gasteiger partial charge in [0.15, 0.2) is 0 Å². The smallest absolute Gasteiger partial charge is 0.218 e. The van der Waals surface area contributed by atoms with E-state index in [-0.39, 0.29) is 5.75 Å². The third-order valence-electron chi connectivity index (χ3n) is 3.05. The average molecular weight is 284 g/mol. The molecule has 108 valence electrons. The Morgan fingerprint density at radius 1 is 1.00 bits per heavy atom. The fourth-order valence-electron chi connectivity index (χ4n) is 1.94. The van der Waals surface area contributed by atoms with Crippen molar-refractivity contribution in [3.8, 4) is 0 Å². The molecule has 19 heavy (non-hydrogen) atoms. The van der Waals surface area contributed by atoms with E-state index in [1.165, 1.54) is 9.87 Å². The van der Waals surface area contributed by atoms with Crippen molar-refractivity contribution in [2.75, 3.05) is 19.6 Å². The van der Waals surface area contributed by atoms with E-state index in [0.29, 0.717) is 13.1 Å². The normalized spacial score (nSPS) is 12.0. The number of nitrogens with zero attached hydrogens (tertiary/aromatic N) is 1. The molecular formula is C14H24N2O2S. The molecular weight excluding hydrogens is 260 g/mol. The molecule has 1 N–H and O–H groups in total. The minimum Gasteiger partial charge on any atom is -0.313 e. The van der Waals surface area contributed by atoms with Crippen LogP contribution in [0, 0.1) is 0 Å². The topological polar surface area (TPSA) is 49.4 Å². The van der Waals surface area contributed by atoms with Crippen LogP contribution in [-0.2, 0) is 22.3 Å². The van der Waals surface area contributed by atoms with Crippen LogP contribution in [0.15, 0.2) is 24.3 Å². The average Bonchev–Trinajstić information content (AvgIpc) is 2.38. The lowest BCUT2D eigenvalue weighted by molar-refractivity contribution is 0.444. The van der Waals surface area contributed by atoms with Crippen LogP contribution in [-0.4, -0.2) is 32.4 Å². The fraction of sp³-hybridized carbons (Fsp3) is 0.571. The summed E-state index contributed by atoms with van der Waals surface area (Å²) < 4.78 is 25.8. The van der Waals surface area contributed by atoms with Crippen molar-refractivity contribution < 1.29 is 8.42 Å². The zero-order valence-corrected chi connectivity index (χ0v) is 12.8. The fourth-order valence-corrected chi connectivity index (χ4v) is 3.52. The minimum absolute atomic E-state index is 0.0795. The molecule has 5 heteroatoms. The third-order valence-corrected chi connectivity index (χ3v) is 5.05. The van der Waals surface area contributed by atoms with E-state index in [1.807, 2.05) is 38.1 Å². The van der Waals surface area contributed by atoms with E-state index in [4.69, 9.17) is 0 Å². The molecule has 0 spiro atoms. The summed E-state index contributed by atoms with van der Waals surface area (Å²) in [5.41, 5.74) is 2.01. The molecule has 0 atom stereocenters. The van der Waals surface area contributed by atoms with Gasteiger partial charge in [0.1, 0.15) is 0 Å². The van der Waals surface area contributed by atoms with Gasteiger partial charge in [-0.25, -0.2) is 12.7 Å². The Morgan fingerprint density at radius 3 is 2.00 bits per heavy atom. The number of sulfonamides is 1. The maximum atomic E-state index is 12.1. The van der Waals surface area contributed by atoms with Gasteiger partial charge in [0.05, 0.1) is 5.75 Å². The predicted molar refractivity (Wildman–Crippen MR) is 79.4 cm³/mol. The van der Waals surface area contributed by atoms with E-state index in [2.05, 4.69) is 12.2 Å².